The average molecular weight is 624 g/mol. The summed E-state index contributed by atoms with van der Waals surface area (Å²) in [5.74, 6) is -3.30. The molecule has 172 valence electrons. The number of aromatic nitrogens is 3. The molecule has 0 amide bonds. The van der Waals surface area contributed by atoms with Gasteiger partial charge in [-0.3, -0.25) is 13.8 Å². The fourth-order valence-electron chi connectivity index (χ4n) is 2.51. The van der Waals surface area contributed by atoms with Crippen LogP contribution in [0.15, 0.2) is 35.6 Å². The maximum absolute atomic E-state index is 13.4. The van der Waals surface area contributed by atoms with Crippen molar-refractivity contribution in [1.29, 1.82) is 0 Å². The van der Waals surface area contributed by atoms with E-state index in [0.29, 0.717) is 11.6 Å². The second-order valence-corrected chi connectivity index (χ2v) is 6.74. The summed E-state index contributed by atoms with van der Waals surface area (Å²) >= 11 is 0. The van der Waals surface area contributed by atoms with Crippen molar-refractivity contribution in [3.8, 4) is 11.3 Å². The maximum Gasteiger partial charge on any atom is 0.128 e. The molecule has 0 bridgehead atoms. The molecule has 0 N–H and O–H groups in total. The first-order valence-electron chi connectivity index (χ1n) is 9.08. The number of nitrogens with zero attached hydrogens (tertiary/aromatic N) is 6. The Balaban J connectivity index is 0.000000224. The summed E-state index contributed by atoms with van der Waals surface area (Å²) in [5.41, 5.74) is 1.54. The zero-order valence-electron chi connectivity index (χ0n) is 17.1. The van der Waals surface area contributed by atoms with E-state index in [1.807, 2.05) is 19.9 Å². The normalized spacial score (nSPS) is 12.5. The van der Waals surface area contributed by atoms with Gasteiger partial charge in [0.1, 0.15) is 17.8 Å². The van der Waals surface area contributed by atoms with Gasteiger partial charge in [0.05, 0.1) is 12.3 Å². The van der Waals surface area contributed by atoms with Gasteiger partial charge in [-0.05, 0) is 30.4 Å². The molecule has 4 heterocycles. The molecule has 3 aromatic rings. The van der Waals surface area contributed by atoms with Gasteiger partial charge in [-0.1, -0.05) is 37.1 Å². The number of pyridine rings is 3. The minimum atomic E-state index is -0.936. The van der Waals surface area contributed by atoms with Gasteiger partial charge in [-0.15, -0.1) is 18.8 Å². The van der Waals surface area contributed by atoms with Gasteiger partial charge in [0.25, 0.3) is 0 Å². The molecule has 0 aromatic carbocycles. The van der Waals surface area contributed by atoms with Gasteiger partial charge < -0.3 is 19.9 Å². The Bertz CT molecular complexity index is 1100. The number of hydrogen-bond donors (Lipinski definition) is 0. The van der Waals surface area contributed by atoms with E-state index in [0.717, 1.165) is 17.7 Å². The van der Waals surface area contributed by atoms with Crippen LogP contribution >= 0.6 is 0 Å². The first-order chi connectivity index (χ1) is 14.7. The molecular weight excluding hydrogens is 607 g/mol. The Morgan fingerprint density at radius 2 is 1.66 bits per heavy atom. The Labute approximate surface area is 197 Å². The van der Waals surface area contributed by atoms with Crippen molar-refractivity contribution in [2.24, 2.45) is 5.10 Å². The molecule has 0 saturated heterocycles. The van der Waals surface area contributed by atoms with Crippen molar-refractivity contribution in [1.82, 2.24) is 19.9 Å². The fraction of sp³-hybridized carbons (Fsp3) is 0.190. The van der Waals surface area contributed by atoms with Crippen LogP contribution in [-0.2, 0) is 21.1 Å². The molecule has 0 aliphatic carbocycles. The van der Waals surface area contributed by atoms with Crippen LogP contribution in [0.4, 0.5) is 23.2 Å². The maximum atomic E-state index is 13.4. The first kappa shape index (κ1) is 25.4. The number of halogens is 4. The van der Waals surface area contributed by atoms with Crippen LogP contribution in [0.3, 0.4) is 0 Å². The molecule has 3 aromatic heterocycles. The van der Waals surface area contributed by atoms with Crippen LogP contribution in [0.1, 0.15) is 25.3 Å². The van der Waals surface area contributed by atoms with Crippen molar-refractivity contribution in [3.05, 3.63) is 78.6 Å². The van der Waals surface area contributed by atoms with Crippen LogP contribution in [0.2, 0.25) is 0 Å². The van der Waals surface area contributed by atoms with Crippen molar-refractivity contribution in [3.63, 3.8) is 0 Å². The van der Waals surface area contributed by atoms with Crippen LogP contribution in [0.25, 0.3) is 11.3 Å². The second-order valence-electron chi connectivity index (χ2n) is 6.74. The van der Waals surface area contributed by atoms with E-state index < -0.39 is 23.8 Å². The molecule has 0 unspecified atom stereocenters. The predicted octanol–water partition coefficient (Wildman–Crippen LogP) is 4.32. The van der Waals surface area contributed by atoms with E-state index in [4.69, 9.17) is 0 Å². The van der Waals surface area contributed by atoms with Gasteiger partial charge in [0.15, 0.2) is 0 Å². The summed E-state index contributed by atoms with van der Waals surface area (Å²) in [6.45, 7) is 5.58. The first-order valence-corrected chi connectivity index (χ1v) is 9.08. The summed E-state index contributed by atoms with van der Waals surface area (Å²) in [5, 5.41) is 5.05. The molecule has 4 rings (SSSR count). The topological polar surface area (TPSA) is 57.5 Å². The van der Waals surface area contributed by atoms with Gasteiger partial charge >= 0.3 is 0 Å². The minimum Gasteiger partial charge on any atom is -0.493 e. The molecule has 0 spiro atoms. The Morgan fingerprint density at radius 3 is 2.22 bits per heavy atom. The standard InChI is InChI=1S/C13H11F2N2.C8H6F2N4.Pt/c1-8(2)9-5-6-16-11(7-9)10-3-4-12(14)17-13(10)15;1-13-4-11-14(5-13)6-2-3-7(9)12-8(6)10;/h4-8H,1-2H3;3-5H,1H3;/q-1;-2;. The number of hydrazone groups is 1. The molecular formula is C21H17F4N6Pt-3. The number of rotatable bonds is 3. The summed E-state index contributed by atoms with van der Waals surface area (Å²) in [6.07, 6.45) is 3.08. The Hall–Kier alpha value is -2.87. The quantitative estimate of drug-likeness (QED) is 0.247. The summed E-state index contributed by atoms with van der Waals surface area (Å²) < 4.78 is 51.7. The summed E-state index contributed by atoms with van der Waals surface area (Å²) in [4.78, 5) is 11.8. The van der Waals surface area contributed by atoms with E-state index in [1.165, 1.54) is 18.0 Å². The summed E-state index contributed by atoms with van der Waals surface area (Å²) in [7, 11) is 1.73. The zero-order valence-corrected chi connectivity index (χ0v) is 19.4. The average Bonchev–Trinajstić information content (AvgIpc) is 3.14. The van der Waals surface area contributed by atoms with Crippen molar-refractivity contribution >= 4 is 12.0 Å². The number of hydrogen-bond acceptors (Lipinski definition) is 6. The molecule has 11 heteroatoms. The van der Waals surface area contributed by atoms with Gasteiger partial charge in [-0.25, -0.2) is 8.78 Å². The largest absolute Gasteiger partial charge is 0.493 e. The van der Waals surface area contributed by atoms with E-state index in [9.17, 15) is 17.6 Å². The second kappa shape index (κ2) is 11.1. The van der Waals surface area contributed by atoms with Gasteiger partial charge in [0.2, 0.25) is 0 Å². The third-order valence-corrected chi connectivity index (χ3v) is 4.06. The van der Waals surface area contributed by atoms with E-state index in [1.54, 1.807) is 24.2 Å². The summed E-state index contributed by atoms with van der Waals surface area (Å²) in [6, 6.07) is 10.5. The van der Waals surface area contributed by atoms with E-state index in [-0.39, 0.29) is 32.3 Å². The minimum absolute atomic E-state index is 0. The third-order valence-electron chi connectivity index (χ3n) is 4.06. The zero-order chi connectivity index (χ0) is 22.5. The molecule has 0 saturated carbocycles. The molecule has 0 radical (unpaired) electrons. The van der Waals surface area contributed by atoms with Crippen LogP contribution in [0.5, 0.6) is 0 Å². The molecule has 1 aliphatic rings. The van der Waals surface area contributed by atoms with Crippen LogP contribution in [-0.4, -0.2) is 33.2 Å². The SMILES string of the molecule is CC(C)c1ccnc(-c2[c-]cc(F)nc2F)c1.CN1C=NN(c2[c-]cc(F)nc2F)[CH-]1.[Pt]. The van der Waals surface area contributed by atoms with Gasteiger partial charge in [0, 0.05) is 27.3 Å². The predicted molar refractivity (Wildman–Crippen MR) is 106 cm³/mol. The Morgan fingerprint density at radius 1 is 1.00 bits per heavy atom. The molecule has 0 atom stereocenters. The van der Waals surface area contributed by atoms with Crippen LogP contribution < -0.4 is 5.01 Å². The van der Waals surface area contributed by atoms with Crippen molar-refractivity contribution in [2.45, 2.75) is 19.8 Å². The monoisotopic (exact) mass is 624 g/mol. The van der Waals surface area contributed by atoms with E-state index in [2.05, 4.69) is 32.2 Å². The van der Waals surface area contributed by atoms with Gasteiger partial charge in [-0.2, -0.15) is 11.2 Å². The molecule has 0 fully saturated rings. The molecule has 1 aliphatic heterocycles. The number of anilines is 1. The molecule has 6 nitrogen and oxygen atoms in total. The van der Waals surface area contributed by atoms with Crippen molar-refractivity contribution < 1.29 is 38.6 Å². The smallest absolute Gasteiger partial charge is 0.128 e. The van der Waals surface area contributed by atoms with Crippen LogP contribution in [0, 0.1) is 42.6 Å². The van der Waals surface area contributed by atoms with E-state index >= 15 is 0 Å². The molecule has 32 heavy (non-hydrogen) atoms. The third kappa shape index (κ3) is 6.32. The fourth-order valence-corrected chi connectivity index (χ4v) is 2.51. The van der Waals surface area contributed by atoms with Crippen molar-refractivity contribution in [2.75, 3.05) is 12.1 Å². The Kier molecular flexibility index (Phi) is 8.83.